The number of hydrogen-bond donors (Lipinski definition) is 1. The molecule has 2 atom stereocenters. The summed E-state index contributed by atoms with van der Waals surface area (Å²) in [6, 6.07) is 17.4. The van der Waals surface area contributed by atoms with Gasteiger partial charge in [-0.3, -0.25) is 0 Å². The summed E-state index contributed by atoms with van der Waals surface area (Å²) >= 11 is 19.4. The van der Waals surface area contributed by atoms with Crippen LogP contribution < -0.4 is 4.74 Å². The fraction of sp³-hybridized carbons (Fsp3) is 0.214. The third kappa shape index (κ3) is 5.86. The number of benzene rings is 3. The lowest BCUT2D eigenvalue weighted by atomic mass is 9.87. The molecular weight excluding hydrogens is 521 g/mol. The highest BCUT2D eigenvalue weighted by Crippen LogP contribution is 2.35. The SMILES string of the molecule is CC(C)C1ON=C(c2c(Cl)cccc2Cl)C1COc1ccc(/C=C/c2cccc(C(=O)O)c2)c(Cl)c1. The Bertz CT molecular complexity index is 1320. The van der Waals surface area contributed by atoms with E-state index in [1.807, 2.05) is 30.4 Å². The zero-order valence-corrected chi connectivity index (χ0v) is 21.9. The molecule has 1 N–H and O–H groups in total. The molecule has 8 heteroatoms. The summed E-state index contributed by atoms with van der Waals surface area (Å²) in [6.07, 6.45) is 3.45. The molecule has 0 aromatic heterocycles. The highest BCUT2D eigenvalue weighted by atomic mass is 35.5. The van der Waals surface area contributed by atoms with Gasteiger partial charge in [0.05, 0.1) is 26.5 Å². The largest absolute Gasteiger partial charge is 0.493 e. The van der Waals surface area contributed by atoms with E-state index in [4.69, 9.17) is 49.5 Å². The Balaban J connectivity index is 1.50. The molecule has 1 aliphatic rings. The van der Waals surface area contributed by atoms with Crippen molar-refractivity contribution >= 4 is 58.6 Å². The summed E-state index contributed by atoms with van der Waals surface area (Å²) in [5, 5.41) is 15.0. The molecule has 186 valence electrons. The van der Waals surface area contributed by atoms with E-state index in [-0.39, 0.29) is 23.5 Å². The predicted octanol–water partition coefficient (Wildman–Crippen LogP) is 7.97. The van der Waals surface area contributed by atoms with Crippen molar-refractivity contribution in [2.45, 2.75) is 20.0 Å². The number of halogens is 3. The molecule has 0 saturated carbocycles. The van der Waals surface area contributed by atoms with Gasteiger partial charge in [-0.15, -0.1) is 0 Å². The minimum atomic E-state index is -0.970. The van der Waals surface area contributed by atoms with Crippen LogP contribution in [-0.4, -0.2) is 29.5 Å². The lowest BCUT2D eigenvalue weighted by molar-refractivity contribution is 0.0178. The Morgan fingerprint density at radius 1 is 1.03 bits per heavy atom. The standard InChI is InChI=1S/C28H24Cl3NO4/c1-16(2)27-21(26(32-36-27)25-22(29)7-4-8-23(25)30)15-35-20-12-11-18(24(31)14-20)10-9-17-5-3-6-19(13-17)28(33)34/h3-14,16,21,27H,15H2,1-2H3,(H,33,34)/b10-9+. The van der Waals surface area contributed by atoms with Crippen molar-refractivity contribution in [2.75, 3.05) is 6.61 Å². The van der Waals surface area contributed by atoms with Crippen molar-refractivity contribution in [3.05, 3.63) is 98.0 Å². The molecule has 1 aliphatic heterocycles. The number of carbonyl (C=O) groups is 1. The van der Waals surface area contributed by atoms with Crippen LogP contribution in [0.15, 0.2) is 65.8 Å². The van der Waals surface area contributed by atoms with Crippen LogP contribution in [0.3, 0.4) is 0 Å². The predicted molar refractivity (Wildman–Crippen MR) is 145 cm³/mol. The second-order valence-corrected chi connectivity index (χ2v) is 9.97. The highest BCUT2D eigenvalue weighted by Gasteiger charge is 2.39. The Morgan fingerprint density at radius 2 is 1.75 bits per heavy atom. The van der Waals surface area contributed by atoms with Crippen molar-refractivity contribution in [2.24, 2.45) is 17.0 Å². The molecule has 0 spiro atoms. The number of carboxylic acids is 1. The van der Waals surface area contributed by atoms with Gasteiger partial charge in [-0.25, -0.2) is 4.79 Å². The minimum absolute atomic E-state index is 0.178. The number of nitrogens with zero attached hydrogens (tertiary/aromatic N) is 1. The van der Waals surface area contributed by atoms with E-state index >= 15 is 0 Å². The summed E-state index contributed by atoms with van der Waals surface area (Å²) in [6.45, 7) is 4.43. The monoisotopic (exact) mass is 543 g/mol. The van der Waals surface area contributed by atoms with Crippen molar-refractivity contribution in [3.8, 4) is 5.75 Å². The Kier molecular flexibility index (Phi) is 8.24. The molecule has 3 aromatic rings. The molecule has 36 heavy (non-hydrogen) atoms. The quantitative estimate of drug-likeness (QED) is 0.292. The van der Waals surface area contributed by atoms with E-state index in [9.17, 15) is 4.79 Å². The molecule has 4 rings (SSSR count). The third-order valence-corrected chi connectivity index (χ3v) is 6.84. The molecule has 5 nitrogen and oxygen atoms in total. The van der Waals surface area contributed by atoms with Gasteiger partial charge in [0, 0.05) is 5.56 Å². The molecular formula is C28H24Cl3NO4. The van der Waals surface area contributed by atoms with Crippen LogP contribution in [0, 0.1) is 11.8 Å². The Morgan fingerprint density at radius 3 is 2.42 bits per heavy atom. The first-order valence-corrected chi connectivity index (χ1v) is 12.5. The maximum absolute atomic E-state index is 11.2. The molecule has 0 fully saturated rings. The highest BCUT2D eigenvalue weighted by molar-refractivity contribution is 6.40. The van der Waals surface area contributed by atoms with Crippen LogP contribution in [0.2, 0.25) is 15.1 Å². The molecule has 3 aromatic carbocycles. The number of hydrogen-bond acceptors (Lipinski definition) is 4. The van der Waals surface area contributed by atoms with E-state index in [1.165, 1.54) is 0 Å². The normalized spacial score (nSPS) is 17.3. The molecule has 2 unspecified atom stereocenters. The van der Waals surface area contributed by atoms with Gasteiger partial charge in [0.1, 0.15) is 24.2 Å². The number of rotatable bonds is 8. The average Bonchev–Trinajstić information content (AvgIpc) is 3.26. The Labute approximate surface area is 224 Å². The lowest BCUT2D eigenvalue weighted by Gasteiger charge is -2.23. The first kappa shape index (κ1) is 26.1. The first-order valence-electron chi connectivity index (χ1n) is 11.4. The van der Waals surface area contributed by atoms with E-state index in [0.29, 0.717) is 38.7 Å². The molecule has 0 bridgehead atoms. The van der Waals surface area contributed by atoms with Crippen LogP contribution in [0.1, 0.15) is 40.9 Å². The van der Waals surface area contributed by atoms with E-state index in [2.05, 4.69) is 19.0 Å². The van der Waals surface area contributed by atoms with E-state index in [1.54, 1.807) is 42.5 Å². The van der Waals surface area contributed by atoms with E-state index < -0.39 is 5.97 Å². The van der Waals surface area contributed by atoms with Gasteiger partial charge in [0.2, 0.25) is 0 Å². The van der Waals surface area contributed by atoms with Gasteiger partial charge in [0.25, 0.3) is 0 Å². The third-order valence-electron chi connectivity index (χ3n) is 5.89. The summed E-state index contributed by atoms with van der Waals surface area (Å²) in [5.74, 6) is -0.356. The van der Waals surface area contributed by atoms with Crippen LogP contribution in [0.5, 0.6) is 5.75 Å². The lowest BCUT2D eigenvalue weighted by Crippen LogP contribution is -2.33. The zero-order valence-electron chi connectivity index (χ0n) is 19.6. The van der Waals surface area contributed by atoms with E-state index in [0.717, 1.165) is 11.1 Å². The Hall–Kier alpha value is -2.99. The molecule has 1 heterocycles. The smallest absolute Gasteiger partial charge is 0.335 e. The van der Waals surface area contributed by atoms with Crippen LogP contribution in [-0.2, 0) is 4.84 Å². The van der Waals surface area contributed by atoms with Gasteiger partial charge in [-0.2, -0.15) is 0 Å². The molecule has 0 amide bonds. The van der Waals surface area contributed by atoms with Crippen molar-refractivity contribution < 1.29 is 19.5 Å². The van der Waals surface area contributed by atoms with Gasteiger partial charge < -0.3 is 14.7 Å². The van der Waals surface area contributed by atoms with Crippen LogP contribution in [0.4, 0.5) is 0 Å². The van der Waals surface area contributed by atoms with Crippen molar-refractivity contribution in [1.82, 2.24) is 0 Å². The van der Waals surface area contributed by atoms with Crippen molar-refractivity contribution in [3.63, 3.8) is 0 Å². The summed E-state index contributed by atoms with van der Waals surface area (Å²) in [7, 11) is 0. The average molecular weight is 545 g/mol. The fourth-order valence-electron chi connectivity index (χ4n) is 4.03. The second-order valence-electron chi connectivity index (χ2n) is 8.75. The first-order chi connectivity index (χ1) is 17.2. The van der Waals surface area contributed by atoms with Crippen molar-refractivity contribution in [1.29, 1.82) is 0 Å². The summed E-state index contributed by atoms with van der Waals surface area (Å²) in [4.78, 5) is 16.9. The fourth-order valence-corrected chi connectivity index (χ4v) is 4.85. The molecule has 0 aliphatic carbocycles. The summed E-state index contributed by atoms with van der Waals surface area (Å²) in [5.41, 5.74) is 3.08. The molecule has 0 radical (unpaired) electrons. The number of aromatic carboxylic acids is 1. The molecule has 0 saturated heterocycles. The van der Waals surface area contributed by atoms with Crippen LogP contribution in [0.25, 0.3) is 12.2 Å². The van der Waals surface area contributed by atoms with Gasteiger partial charge in [-0.05, 0) is 59.5 Å². The number of ether oxygens (including phenoxy) is 1. The second kappa shape index (κ2) is 11.4. The minimum Gasteiger partial charge on any atom is -0.493 e. The van der Waals surface area contributed by atoms with Crippen LogP contribution >= 0.6 is 34.8 Å². The topological polar surface area (TPSA) is 68.1 Å². The van der Waals surface area contributed by atoms with Gasteiger partial charge >= 0.3 is 5.97 Å². The maximum Gasteiger partial charge on any atom is 0.335 e. The summed E-state index contributed by atoms with van der Waals surface area (Å²) < 4.78 is 6.12. The zero-order chi connectivity index (χ0) is 25.8. The van der Waals surface area contributed by atoms with Gasteiger partial charge in [-0.1, -0.05) is 84.2 Å². The maximum atomic E-state index is 11.2. The van der Waals surface area contributed by atoms with Gasteiger partial charge in [0.15, 0.2) is 0 Å². The number of oxime groups is 1. The number of carboxylic acid groups (broad SMARTS) is 1.